The van der Waals surface area contributed by atoms with Crippen molar-refractivity contribution in [3.05, 3.63) is 0 Å². The molecule has 0 bridgehead atoms. The first-order chi connectivity index (χ1) is 6.00. The summed E-state index contributed by atoms with van der Waals surface area (Å²) in [4.78, 5) is 35.3. The van der Waals surface area contributed by atoms with Crippen molar-refractivity contribution in [2.45, 2.75) is 6.17 Å². The molecule has 1 unspecified atom stereocenters. The Hall–Kier alpha value is -2.12. The number of hydrogen-bond donors (Lipinski definition) is 4. The first-order valence-electron chi connectivity index (χ1n) is 3.25. The van der Waals surface area contributed by atoms with Crippen molar-refractivity contribution in [2.24, 2.45) is 16.5 Å². The molecular formula is C5H7N5O3. The standard InChI is InChI=1S/C5H7N5O3/c6-1(11)3(12)8-2-4(13)10-5(7)9-2/h2H,(H2,6,11)(H,8,12)(H3,7,9,10,13). The lowest BCUT2D eigenvalue weighted by molar-refractivity contribution is -0.138. The third-order valence-corrected chi connectivity index (χ3v) is 1.26. The normalized spacial score (nSPS) is 20.5. The highest BCUT2D eigenvalue weighted by Crippen LogP contribution is 1.93. The van der Waals surface area contributed by atoms with Gasteiger partial charge in [0, 0.05) is 0 Å². The van der Waals surface area contributed by atoms with Gasteiger partial charge in [0.1, 0.15) is 0 Å². The van der Waals surface area contributed by atoms with Crippen LogP contribution in [0.1, 0.15) is 0 Å². The smallest absolute Gasteiger partial charge is 0.311 e. The number of amides is 3. The lowest BCUT2D eigenvalue weighted by atomic mass is 10.4. The molecule has 8 heteroatoms. The number of rotatable bonds is 1. The van der Waals surface area contributed by atoms with Crippen molar-refractivity contribution in [3.8, 4) is 0 Å². The SMILES string of the molecule is NC(=O)C(=O)NC1N=C(N)NC1=O. The molecule has 0 aromatic rings. The monoisotopic (exact) mass is 185 g/mol. The van der Waals surface area contributed by atoms with Crippen molar-refractivity contribution in [1.82, 2.24) is 10.6 Å². The van der Waals surface area contributed by atoms with E-state index in [2.05, 4.69) is 16.0 Å². The highest BCUT2D eigenvalue weighted by atomic mass is 16.2. The van der Waals surface area contributed by atoms with Crippen molar-refractivity contribution in [1.29, 1.82) is 0 Å². The molecule has 0 saturated carbocycles. The molecule has 70 valence electrons. The summed E-state index contributed by atoms with van der Waals surface area (Å²) in [7, 11) is 0. The number of guanidine groups is 1. The maximum Gasteiger partial charge on any atom is 0.311 e. The largest absolute Gasteiger partial charge is 0.370 e. The van der Waals surface area contributed by atoms with Crippen LogP contribution in [0.4, 0.5) is 0 Å². The van der Waals surface area contributed by atoms with Gasteiger partial charge in [-0.15, -0.1) is 0 Å². The van der Waals surface area contributed by atoms with E-state index in [9.17, 15) is 14.4 Å². The third kappa shape index (κ3) is 1.92. The van der Waals surface area contributed by atoms with Gasteiger partial charge in [-0.2, -0.15) is 0 Å². The van der Waals surface area contributed by atoms with Crippen LogP contribution in [0, 0.1) is 0 Å². The molecule has 1 heterocycles. The summed E-state index contributed by atoms with van der Waals surface area (Å²) in [5.41, 5.74) is 9.75. The van der Waals surface area contributed by atoms with Crippen molar-refractivity contribution in [3.63, 3.8) is 0 Å². The summed E-state index contributed by atoms with van der Waals surface area (Å²) in [6.45, 7) is 0. The van der Waals surface area contributed by atoms with Crippen LogP contribution in [0.2, 0.25) is 0 Å². The van der Waals surface area contributed by atoms with E-state index < -0.39 is 23.9 Å². The number of nitrogens with one attached hydrogen (secondary N) is 2. The van der Waals surface area contributed by atoms with Crippen LogP contribution in [0.3, 0.4) is 0 Å². The molecule has 0 spiro atoms. The van der Waals surface area contributed by atoms with Gasteiger partial charge in [-0.25, -0.2) is 4.99 Å². The van der Waals surface area contributed by atoms with Crippen molar-refractivity contribution >= 4 is 23.7 Å². The van der Waals surface area contributed by atoms with E-state index in [0.29, 0.717) is 0 Å². The Morgan fingerprint density at radius 3 is 2.54 bits per heavy atom. The molecule has 1 atom stereocenters. The van der Waals surface area contributed by atoms with Crippen molar-refractivity contribution in [2.75, 3.05) is 0 Å². The summed E-state index contributed by atoms with van der Waals surface area (Å²) in [5, 5.41) is 4.10. The van der Waals surface area contributed by atoms with E-state index in [1.165, 1.54) is 0 Å². The van der Waals surface area contributed by atoms with E-state index in [0.717, 1.165) is 0 Å². The topological polar surface area (TPSA) is 140 Å². The zero-order valence-electron chi connectivity index (χ0n) is 6.40. The highest BCUT2D eigenvalue weighted by molar-refractivity contribution is 6.35. The van der Waals surface area contributed by atoms with Crippen LogP contribution < -0.4 is 22.1 Å². The fraction of sp³-hybridized carbons (Fsp3) is 0.200. The Labute approximate surface area is 72.4 Å². The molecule has 0 aromatic heterocycles. The van der Waals surface area contributed by atoms with Gasteiger partial charge in [-0.05, 0) is 0 Å². The van der Waals surface area contributed by atoms with Gasteiger partial charge in [0.25, 0.3) is 5.91 Å². The lowest BCUT2D eigenvalue weighted by Gasteiger charge is -2.04. The molecule has 1 aliphatic heterocycles. The summed E-state index contributed by atoms with van der Waals surface area (Å²) >= 11 is 0. The van der Waals surface area contributed by atoms with Gasteiger partial charge in [-0.3, -0.25) is 19.7 Å². The Kier molecular flexibility index (Phi) is 2.13. The minimum atomic E-state index is -1.19. The predicted molar refractivity (Wildman–Crippen MR) is 40.9 cm³/mol. The second kappa shape index (κ2) is 3.09. The summed E-state index contributed by atoms with van der Waals surface area (Å²) in [6, 6.07) is 0. The minimum absolute atomic E-state index is 0.111. The van der Waals surface area contributed by atoms with E-state index in [1.807, 2.05) is 5.32 Å². The number of nitrogens with zero attached hydrogens (tertiary/aromatic N) is 1. The second-order valence-electron chi connectivity index (χ2n) is 2.24. The molecule has 0 aromatic carbocycles. The van der Waals surface area contributed by atoms with Crippen LogP contribution in [0.25, 0.3) is 0 Å². The Morgan fingerprint density at radius 1 is 1.54 bits per heavy atom. The van der Waals surface area contributed by atoms with Crippen LogP contribution in [0.15, 0.2) is 4.99 Å². The Balaban J connectivity index is 2.60. The Bertz CT molecular complexity index is 309. The summed E-state index contributed by atoms with van der Waals surface area (Å²) in [5.74, 6) is -2.99. The molecule has 0 saturated heterocycles. The third-order valence-electron chi connectivity index (χ3n) is 1.26. The zero-order chi connectivity index (χ0) is 10.0. The van der Waals surface area contributed by atoms with Crippen LogP contribution >= 0.6 is 0 Å². The maximum absolute atomic E-state index is 10.9. The first kappa shape index (κ1) is 8.97. The van der Waals surface area contributed by atoms with Crippen LogP contribution in [0.5, 0.6) is 0 Å². The van der Waals surface area contributed by atoms with Gasteiger partial charge in [0.2, 0.25) is 6.17 Å². The number of carbonyl (C=O) groups excluding carboxylic acids is 3. The molecule has 1 aliphatic rings. The van der Waals surface area contributed by atoms with Crippen LogP contribution in [-0.4, -0.2) is 29.8 Å². The quantitative estimate of drug-likeness (QED) is 0.313. The number of nitrogens with two attached hydrogens (primary N) is 2. The van der Waals surface area contributed by atoms with Gasteiger partial charge < -0.3 is 16.8 Å². The molecule has 1 rings (SSSR count). The number of hydrogen-bond acceptors (Lipinski definition) is 5. The van der Waals surface area contributed by atoms with E-state index in [-0.39, 0.29) is 5.96 Å². The molecule has 6 N–H and O–H groups in total. The van der Waals surface area contributed by atoms with E-state index >= 15 is 0 Å². The van der Waals surface area contributed by atoms with Gasteiger partial charge in [0.15, 0.2) is 5.96 Å². The average molecular weight is 185 g/mol. The summed E-state index contributed by atoms with van der Waals surface area (Å²) in [6.07, 6.45) is -1.17. The fourth-order valence-electron chi connectivity index (χ4n) is 0.718. The number of primary amides is 1. The van der Waals surface area contributed by atoms with Gasteiger partial charge in [0.05, 0.1) is 0 Å². The van der Waals surface area contributed by atoms with Crippen LogP contribution in [-0.2, 0) is 14.4 Å². The molecule has 0 fully saturated rings. The first-order valence-corrected chi connectivity index (χ1v) is 3.25. The molecule has 0 aliphatic carbocycles. The zero-order valence-corrected chi connectivity index (χ0v) is 6.40. The second-order valence-corrected chi connectivity index (χ2v) is 2.24. The van der Waals surface area contributed by atoms with Gasteiger partial charge in [-0.1, -0.05) is 0 Å². The van der Waals surface area contributed by atoms with Crippen molar-refractivity contribution < 1.29 is 14.4 Å². The summed E-state index contributed by atoms with van der Waals surface area (Å²) < 4.78 is 0. The fourth-order valence-corrected chi connectivity index (χ4v) is 0.718. The Morgan fingerprint density at radius 2 is 2.15 bits per heavy atom. The predicted octanol–water partition coefficient (Wildman–Crippen LogP) is -3.64. The number of aliphatic imine (C=N–C) groups is 1. The maximum atomic E-state index is 10.9. The molecule has 13 heavy (non-hydrogen) atoms. The molecule has 0 radical (unpaired) electrons. The van der Waals surface area contributed by atoms with E-state index in [4.69, 9.17) is 5.73 Å². The van der Waals surface area contributed by atoms with E-state index in [1.54, 1.807) is 0 Å². The average Bonchev–Trinajstić information content (AvgIpc) is 2.30. The highest BCUT2D eigenvalue weighted by Gasteiger charge is 2.27. The lowest BCUT2D eigenvalue weighted by Crippen LogP contribution is -2.46. The van der Waals surface area contributed by atoms with Gasteiger partial charge >= 0.3 is 11.8 Å². The molecular weight excluding hydrogens is 178 g/mol. The number of carbonyl (C=O) groups is 3. The molecule has 3 amide bonds. The molecule has 8 nitrogen and oxygen atoms in total. The minimum Gasteiger partial charge on any atom is -0.370 e.